The van der Waals surface area contributed by atoms with Crippen LogP contribution in [0.3, 0.4) is 0 Å². The number of sulfonamides is 1. The molecule has 2 heterocycles. The van der Waals surface area contributed by atoms with Crippen LogP contribution in [0.4, 0.5) is 11.5 Å². The molecule has 8 nitrogen and oxygen atoms in total. The molecular weight excluding hydrogens is 392 g/mol. The lowest BCUT2D eigenvalue weighted by atomic mass is 10.1. The molecule has 0 spiro atoms. The van der Waals surface area contributed by atoms with Gasteiger partial charge in [0.25, 0.3) is 0 Å². The molecule has 0 radical (unpaired) electrons. The van der Waals surface area contributed by atoms with Crippen LogP contribution < -0.4 is 10.2 Å². The lowest BCUT2D eigenvalue weighted by molar-refractivity contribution is -0.114. The van der Waals surface area contributed by atoms with Crippen molar-refractivity contribution >= 4 is 27.4 Å². The number of carbonyl (C=O) groups is 1. The Bertz CT molecular complexity index is 941. The van der Waals surface area contributed by atoms with Gasteiger partial charge in [0.2, 0.25) is 15.9 Å². The second-order valence-corrected chi connectivity index (χ2v) is 8.72. The zero-order valence-corrected chi connectivity index (χ0v) is 17.5. The minimum absolute atomic E-state index is 0.0978. The Labute approximate surface area is 171 Å². The van der Waals surface area contributed by atoms with Crippen molar-refractivity contribution in [2.45, 2.75) is 18.2 Å². The molecule has 156 valence electrons. The first kappa shape index (κ1) is 21.2. The van der Waals surface area contributed by atoms with E-state index in [9.17, 15) is 13.2 Å². The zero-order chi connectivity index (χ0) is 20.9. The Morgan fingerprint density at radius 1 is 1.21 bits per heavy atom. The molecule has 1 N–H and O–H groups in total. The first-order chi connectivity index (χ1) is 13.9. The highest BCUT2D eigenvalue weighted by Crippen LogP contribution is 2.19. The van der Waals surface area contributed by atoms with Crippen LogP contribution in [0.25, 0.3) is 0 Å². The highest BCUT2D eigenvalue weighted by molar-refractivity contribution is 7.89. The SMILES string of the molecule is CCc1ccccc1NC(=O)CN(C)c1ccc(S(=O)(=O)N2CCOCC2)cn1. The molecule has 29 heavy (non-hydrogen) atoms. The summed E-state index contributed by atoms with van der Waals surface area (Å²) >= 11 is 0. The molecule has 0 atom stereocenters. The molecule has 0 unspecified atom stereocenters. The molecule has 2 aromatic rings. The number of morpholine rings is 1. The predicted octanol–water partition coefficient (Wildman–Crippen LogP) is 1.74. The predicted molar refractivity (Wildman–Crippen MR) is 112 cm³/mol. The molecule has 1 fully saturated rings. The van der Waals surface area contributed by atoms with E-state index in [-0.39, 0.29) is 17.3 Å². The van der Waals surface area contributed by atoms with Gasteiger partial charge in [-0.2, -0.15) is 4.31 Å². The van der Waals surface area contributed by atoms with Crippen LogP contribution in [0.5, 0.6) is 0 Å². The average Bonchev–Trinajstić information content (AvgIpc) is 2.74. The van der Waals surface area contributed by atoms with Gasteiger partial charge in [-0.1, -0.05) is 25.1 Å². The third kappa shape index (κ3) is 5.11. The van der Waals surface area contributed by atoms with Crippen LogP contribution in [-0.2, 0) is 26.0 Å². The number of nitrogens with one attached hydrogen (secondary N) is 1. The maximum absolute atomic E-state index is 12.7. The van der Waals surface area contributed by atoms with Gasteiger partial charge < -0.3 is 15.0 Å². The van der Waals surface area contributed by atoms with Crippen LogP contribution in [0, 0.1) is 0 Å². The molecule has 1 amide bonds. The summed E-state index contributed by atoms with van der Waals surface area (Å²) in [6, 6.07) is 10.8. The van der Waals surface area contributed by atoms with Crippen molar-refractivity contribution in [3.63, 3.8) is 0 Å². The number of benzene rings is 1. The molecule has 3 rings (SSSR count). The summed E-state index contributed by atoms with van der Waals surface area (Å²) in [5, 5.41) is 2.92. The lowest BCUT2D eigenvalue weighted by Crippen LogP contribution is -2.40. The van der Waals surface area contributed by atoms with Crippen molar-refractivity contribution in [3.05, 3.63) is 48.2 Å². The van der Waals surface area contributed by atoms with E-state index in [1.807, 2.05) is 31.2 Å². The van der Waals surface area contributed by atoms with Gasteiger partial charge >= 0.3 is 0 Å². The number of ether oxygens (including phenoxy) is 1. The van der Waals surface area contributed by atoms with E-state index in [4.69, 9.17) is 4.74 Å². The quantitative estimate of drug-likeness (QED) is 0.736. The summed E-state index contributed by atoms with van der Waals surface area (Å²) in [5.74, 6) is 0.352. The minimum atomic E-state index is -3.58. The normalized spacial score (nSPS) is 15.1. The Morgan fingerprint density at radius 3 is 2.59 bits per heavy atom. The third-order valence-electron chi connectivity index (χ3n) is 4.77. The average molecular weight is 419 g/mol. The molecule has 0 aliphatic carbocycles. The Morgan fingerprint density at radius 2 is 1.93 bits per heavy atom. The maximum atomic E-state index is 12.7. The number of nitrogens with zero attached hydrogens (tertiary/aromatic N) is 3. The Kier molecular flexibility index (Phi) is 6.83. The molecule has 1 aliphatic rings. The van der Waals surface area contributed by atoms with Gasteiger partial charge in [0.15, 0.2) is 0 Å². The topological polar surface area (TPSA) is 91.8 Å². The second-order valence-electron chi connectivity index (χ2n) is 6.78. The van der Waals surface area contributed by atoms with Crippen LogP contribution >= 0.6 is 0 Å². The summed E-state index contributed by atoms with van der Waals surface area (Å²) in [6.45, 7) is 3.59. The van der Waals surface area contributed by atoms with Crippen molar-refractivity contribution in [1.82, 2.24) is 9.29 Å². The van der Waals surface area contributed by atoms with Crippen LogP contribution in [0.15, 0.2) is 47.5 Å². The monoisotopic (exact) mass is 418 g/mol. The van der Waals surface area contributed by atoms with E-state index in [0.29, 0.717) is 32.1 Å². The van der Waals surface area contributed by atoms with Crippen LogP contribution in [0.1, 0.15) is 12.5 Å². The van der Waals surface area contributed by atoms with E-state index in [0.717, 1.165) is 17.7 Å². The van der Waals surface area contributed by atoms with E-state index in [1.54, 1.807) is 18.0 Å². The Hall–Kier alpha value is -2.49. The van der Waals surface area contributed by atoms with Gasteiger partial charge in [-0.25, -0.2) is 13.4 Å². The fourth-order valence-electron chi connectivity index (χ4n) is 3.12. The van der Waals surface area contributed by atoms with Gasteiger partial charge in [0.1, 0.15) is 10.7 Å². The highest BCUT2D eigenvalue weighted by Gasteiger charge is 2.26. The first-order valence-electron chi connectivity index (χ1n) is 9.54. The van der Waals surface area contributed by atoms with Gasteiger partial charge in [-0.3, -0.25) is 4.79 Å². The lowest BCUT2D eigenvalue weighted by Gasteiger charge is -2.26. The first-order valence-corrected chi connectivity index (χ1v) is 11.0. The summed E-state index contributed by atoms with van der Waals surface area (Å²) in [5.41, 5.74) is 1.87. The van der Waals surface area contributed by atoms with Gasteiger partial charge in [-0.05, 0) is 30.2 Å². The number of carbonyl (C=O) groups excluding carboxylic acids is 1. The number of rotatable bonds is 7. The van der Waals surface area contributed by atoms with Crippen LogP contribution in [-0.4, -0.2) is 63.5 Å². The number of amides is 1. The fourth-order valence-corrected chi connectivity index (χ4v) is 4.48. The van der Waals surface area contributed by atoms with Gasteiger partial charge in [-0.15, -0.1) is 0 Å². The highest BCUT2D eigenvalue weighted by atomic mass is 32.2. The Balaban J connectivity index is 1.64. The number of aryl methyl sites for hydroxylation is 1. The van der Waals surface area contributed by atoms with Gasteiger partial charge in [0, 0.05) is 32.0 Å². The second kappa shape index (κ2) is 9.34. The molecule has 0 bridgehead atoms. The number of aromatic nitrogens is 1. The number of hydrogen-bond acceptors (Lipinski definition) is 6. The van der Waals surface area contributed by atoms with Crippen molar-refractivity contribution < 1.29 is 17.9 Å². The summed E-state index contributed by atoms with van der Waals surface area (Å²) < 4.78 is 31.9. The van der Waals surface area contributed by atoms with E-state index in [1.165, 1.54) is 16.6 Å². The summed E-state index contributed by atoms with van der Waals surface area (Å²) in [7, 11) is -1.84. The fraction of sp³-hybridized carbons (Fsp3) is 0.400. The third-order valence-corrected chi connectivity index (χ3v) is 6.65. The molecular formula is C20H26N4O4S. The van der Waals surface area contributed by atoms with E-state index < -0.39 is 10.0 Å². The summed E-state index contributed by atoms with van der Waals surface area (Å²) in [6.07, 6.45) is 2.16. The number of para-hydroxylation sites is 1. The van der Waals surface area contributed by atoms with E-state index >= 15 is 0 Å². The maximum Gasteiger partial charge on any atom is 0.244 e. The molecule has 1 aliphatic heterocycles. The van der Waals surface area contributed by atoms with E-state index in [2.05, 4.69) is 10.3 Å². The van der Waals surface area contributed by atoms with Crippen molar-refractivity contribution in [3.8, 4) is 0 Å². The largest absolute Gasteiger partial charge is 0.379 e. The summed E-state index contributed by atoms with van der Waals surface area (Å²) in [4.78, 5) is 18.5. The van der Waals surface area contributed by atoms with Crippen molar-refractivity contribution in [1.29, 1.82) is 0 Å². The molecule has 1 saturated heterocycles. The minimum Gasteiger partial charge on any atom is -0.379 e. The van der Waals surface area contributed by atoms with Crippen molar-refractivity contribution in [2.24, 2.45) is 0 Å². The van der Waals surface area contributed by atoms with Crippen LogP contribution in [0.2, 0.25) is 0 Å². The number of anilines is 2. The number of pyridine rings is 1. The molecule has 0 saturated carbocycles. The standard InChI is InChI=1S/C20H26N4O4S/c1-3-16-6-4-5-7-18(16)22-20(25)15-23(2)19-9-8-17(14-21-19)29(26,27)24-10-12-28-13-11-24/h4-9,14H,3,10-13,15H2,1-2H3,(H,22,25). The number of likely N-dealkylation sites (N-methyl/N-ethyl adjacent to an activating group) is 1. The number of hydrogen-bond donors (Lipinski definition) is 1. The zero-order valence-electron chi connectivity index (χ0n) is 16.7. The van der Waals surface area contributed by atoms with Crippen molar-refractivity contribution in [2.75, 3.05) is 50.1 Å². The smallest absolute Gasteiger partial charge is 0.244 e. The molecule has 1 aromatic carbocycles. The van der Waals surface area contributed by atoms with Gasteiger partial charge in [0.05, 0.1) is 19.8 Å². The molecule has 1 aromatic heterocycles. The molecule has 9 heteroatoms.